The Kier molecular flexibility index (Phi) is 23.0. The van der Waals surface area contributed by atoms with E-state index in [2.05, 4.69) is 18.7 Å². The molecule has 0 bridgehead atoms. The first-order valence-electron chi connectivity index (χ1n) is 8.02. The number of rotatable bonds is 10. The molecule has 0 aliphatic carbocycles. The minimum absolute atomic E-state index is 0. The van der Waals surface area contributed by atoms with Crippen LogP contribution in [-0.4, -0.2) is 85.1 Å². The van der Waals surface area contributed by atoms with Crippen molar-refractivity contribution in [2.24, 2.45) is 5.92 Å². The van der Waals surface area contributed by atoms with Gasteiger partial charge in [-0.05, 0) is 45.3 Å². The number of hydrogen-bond acceptors (Lipinski definition) is 9. The summed E-state index contributed by atoms with van der Waals surface area (Å²) in [6, 6.07) is 0. The van der Waals surface area contributed by atoms with Gasteiger partial charge in [0.05, 0.1) is 20.2 Å². The fourth-order valence-electron chi connectivity index (χ4n) is 1.84. The second kappa shape index (κ2) is 18.4. The molecule has 0 atom stereocenters. The molecule has 0 saturated carbocycles. The van der Waals surface area contributed by atoms with Gasteiger partial charge in [0.25, 0.3) is 0 Å². The smallest absolute Gasteiger partial charge is 0.748 e. The van der Waals surface area contributed by atoms with E-state index in [0.717, 1.165) is 32.5 Å². The third kappa shape index (κ3) is 40.2. The average molecular weight is 631 g/mol. The van der Waals surface area contributed by atoms with E-state index in [-0.39, 0.29) is 27.5 Å². The largest absolute Gasteiger partial charge is 2.00 e. The van der Waals surface area contributed by atoms with Gasteiger partial charge in [-0.25, -0.2) is 16.8 Å². The number of carboxylic acids is 2. The molecule has 0 amide bonds. The summed E-state index contributed by atoms with van der Waals surface area (Å²) in [5.41, 5.74) is 0. The van der Waals surface area contributed by atoms with Gasteiger partial charge >= 0.3 is 33.0 Å². The van der Waals surface area contributed by atoms with Crippen LogP contribution in [0.1, 0.15) is 39.5 Å². The molecule has 0 aliphatic heterocycles. The minimum atomic E-state index is -3.92. The van der Waals surface area contributed by atoms with Gasteiger partial charge in [-0.1, -0.05) is 13.8 Å². The summed E-state index contributed by atoms with van der Waals surface area (Å²) in [5.74, 6) is -3.75. The maximum absolute atomic E-state index is 10.7. The summed E-state index contributed by atoms with van der Waals surface area (Å²) >= 11 is 0. The Balaban J connectivity index is -0.000000216. The van der Waals surface area contributed by atoms with Crippen LogP contribution in [-0.2, 0) is 50.9 Å². The Morgan fingerprint density at radius 2 is 1.14 bits per heavy atom. The molecule has 14 heteroatoms. The van der Waals surface area contributed by atoms with Crippen molar-refractivity contribution >= 4 is 32.2 Å². The van der Waals surface area contributed by atoms with Crippen molar-refractivity contribution in [1.82, 2.24) is 4.90 Å². The summed E-state index contributed by atoms with van der Waals surface area (Å²) < 4.78 is 54.5. The normalized spacial score (nSPS) is 10.9. The quantitative estimate of drug-likeness (QED) is 0.244. The van der Waals surface area contributed by atoms with Crippen LogP contribution < -0.4 is 0 Å². The predicted octanol–water partition coefficient (Wildman–Crippen LogP) is -0.00570. The van der Waals surface area contributed by atoms with Crippen molar-refractivity contribution in [3.05, 3.63) is 0 Å². The van der Waals surface area contributed by atoms with Crippen molar-refractivity contribution in [2.75, 3.05) is 32.1 Å². The summed E-state index contributed by atoms with van der Waals surface area (Å²) in [5, 5.41) is 17.4. The molecular formula is C14H29NO10PtS2. The Bertz CT molecular complexity index is 556. The van der Waals surface area contributed by atoms with Crippen molar-refractivity contribution in [3.63, 3.8) is 0 Å². The fourth-order valence-corrected chi connectivity index (χ4v) is 1.84. The molecule has 0 aliphatic rings. The summed E-state index contributed by atoms with van der Waals surface area (Å²) in [4.78, 5) is 23.6. The maximum atomic E-state index is 10.7. The maximum Gasteiger partial charge on any atom is 2.00 e. The number of nitrogens with zero attached hydrogens (tertiary/aromatic N) is 1. The van der Waals surface area contributed by atoms with Gasteiger partial charge in [0.1, 0.15) is 0 Å². The Labute approximate surface area is 181 Å². The zero-order valence-electron chi connectivity index (χ0n) is 16.3. The number of aliphatic carboxylic acids is 2. The monoisotopic (exact) mass is 630 g/mol. The van der Waals surface area contributed by atoms with Crippen molar-refractivity contribution < 1.29 is 66.8 Å². The van der Waals surface area contributed by atoms with Crippen LogP contribution in [0.2, 0.25) is 0 Å². The van der Waals surface area contributed by atoms with Gasteiger partial charge in [0.2, 0.25) is 0 Å². The third-order valence-electron chi connectivity index (χ3n) is 2.64. The minimum Gasteiger partial charge on any atom is -0.748 e. The van der Waals surface area contributed by atoms with E-state index in [1.807, 2.05) is 0 Å². The standard InChI is InChI=1S/C12H23NO4.2CH4O3S.Pt/c1-3-7-13(8-4-2)9-5-6-10(11(14)15)12(16)17;2*1-5(2,3)4;/h10H,3-9H2,1-2H3,(H,14,15)(H,16,17);2*1H3,(H,2,3,4);/q;;;+2/p-2. The van der Waals surface area contributed by atoms with E-state index in [1.54, 1.807) is 0 Å². The molecule has 0 aromatic heterocycles. The molecule has 0 heterocycles. The molecule has 0 aromatic rings. The zero-order chi connectivity index (χ0) is 22.3. The average Bonchev–Trinajstić information content (AvgIpc) is 2.39. The van der Waals surface area contributed by atoms with Crippen LogP contribution >= 0.6 is 0 Å². The first-order valence-corrected chi connectivity index (χ1v) is 11.7. The van der Waals surface area contributed by atoms with Gasteiger partial charge in [0, 0.05) is 12.5 Å². The van der Waals surface area contributed by atoms with E-state index < -0.39 is 38.1 Å². The molecule has 0 spiro atoms. The van der Waals surface area contributed by atoms with Crippen molar-refractivity contribution in [3.8, 4) is 0 Å². The molecule has 0 saturated heterocycles. The molecule has 28 heavy (non-hydrogen) atoms. The molecule has 0 radical (unpaired) electrons. The molecule has 0 aromatic carbocycles. The van der Waals surface area contributed by atoms with Gasteiger partial charge in [-0.2, -0.15) is 0 Å². The van der Waals surface area contributed by atoms with Gasteiger partial charge in [-0.3, -0.25) is 9.59 Å². The first-order chi connectivity index (χ1) is 12.0. The predicted molar refractivity (Wildman–Crippen MR) is 96.3 cm³/mol. The molecule has 0 unspecified atom stereocenters. The van der Waals surface area contributed by atoms with E-state index in [4.69, 9.17) is 36.2 Å². The number of carbonyl (C=O) groups is 2. The number of hydrogen-bond donors (Lipinski definition) is 2. The molecule has 0 rings (SSSR count). The van der Waals surface area contributed by atoms with Crippen LogP contribution in [0.5, 0.6) is 0 Å². The van der Waals surface area contributed by atoms with Gasteiger partial charge < -0.3 is 24.2 Å². The third-order valence-corrected chi connectivity index (χ3v) is 2.64. The number of carboxylic acid groups (broad SMARTS) is 2. The van der Waals surface area contributed by atoms with Gasteiger partial charge in [-0.15, -0.1) is 0 Å². The summed E-state index contributed by atoms with van der Waals surface area (Å²) in [6.07, 6.45) is 4.14. The van der Waals surface area contributed by atoms with E-state index in [9.17, 15) is 9.59 Å². The summed E-state index contributed by atoms with van der Waals surface area (Å²) in [6.45, 7) is 6.94. The summed E-state index contributed by atoms with van der Waals surface area (Å²) in [7, 11) is -7.83. The van der Waals surface area contributed by atoms with Crippen LogP contribution in [0.4, 0.5) is 0 Å². The van der Waals surface area contributed by atoms with Crippen LogP contribution in [0.25, 0.3) is 0 Å². The Hall–Kier alpha value is -0.592. The van der Waals surface area contributed by atoms with E-state index in [0.29, 0.717) is 18.9 Å². The van der Waals surface area contributed by atoms with E-state index in [1.165, 1.54) is 0 Å². The Morgan fingerprint density at radius 3 is 1.36 bits per heavy atom. The fraction of sp³-hybridized carbons (Fsp3) is 0.857. The van der Waals surface area contributed by atoms with Crippen LogP contribution in [0.15, 0.2) is 0 Å². The van der Waals surface area contributed by atoms with Crippen molar-refractivity contribution in [2.45, 2.75) is 39.5 Å². The van der Waals surface area contributed by atoms with E-state index >= 15 is 0 Å². The second-order valence-corrected chi connectivity index (χ2v) is 8.44. The molecule has 172 valence electrons. The van der Waals surface area contributed by atoms with Crippen molar-refractivity contribution in [1.29, 1.82) is 0 Å². The van der Waals surface area contributed by atoms with Gasteiger partial charge in [0.15, 0.2) is 5.92 Å². The van der Waals surface area contributed by atoms with Crippen LogP contribution in [0, 0.1) is 5.92 Å². The topological polar surface area (TPSA) is 192 Å². The SMILES string of the molecule is CCCN(CCC)CCCC(C(=O)O)C(=O)O.CS(=O)(=O)[O-].CS(=O)(=O)[O-].[Pt+2]. The van der Waals surface area contributed by atoms with Crippen LogP contribution in [0.3, 0.4) is 0 Å². The molecular weight excluding hydrogens is 601 g/mol. The molecule has 11 nitrogen and oxygen atoms in total. The second-order valence-electron chi connectivity index (χ2n) is 5.62. The molecule has 0 fully saturated rings. The Morgan fingerprint density at radius 1 is 0.857 bits per heavy atom. The molecule has 2 N–H and O–H groups in total. The zero-order valence-corrected chi connectivity index (χ0v) is 20.2. The first kappa shape index (κ1) is 34.9.